The van der Waals surface area contributed by atoms with E-state index in [-0.39, 0.29) is 11.7 Å². The minimum Gasteiger partial charge on any atom is -0.363 e. The minimum atomic E-state index is -0.573. The molecule has 0 fully saturated rings. The third-order valence-corrected chi connectivity index (χ3v) is 2.66. The molecule has 0 saturated carbocycles. The van der Waals surface area contributed by atoms with E-state index in [1.807, 2.05) is 6.92 Å². The van der Waals surface area contributed by atoms with E-state index in [4.69, 9.17) is 0 Å². The molecule has 1 heterocycles. The van der Waals surface area contributed by atoms with Crippen molar-refractivity contribution in [2.75, 3.05) is 5.32 Å². The van der Waals surface area contributed by atoms with E-state index >= 15 is 0 Å². The zero-order chi connectivity index (χ0) is 13.8. The van der Waals surface area contributed by atoms with E-state index in [2.05, 4.69) is 10.3 Å². The maximum absolute atomic E-state index is 12.9. The van der Waals surface area contributed by atoms with Gasteiger partial charge >= 0.3 is 0 Å². The molecule has 2 aromatic rings. The van der Waals surface area contributed by atoms with Crippen molar-refractivity contribution in [3.05, 3.63) is 64.1 Å². The summed E-state index contributed by atoms with van der Waals surface area (Å²) in [5.41, 5.74) is 0.763. The van der Waals surface area contributed by atoms with Crippen LogP contribution in [0.15, 0.2) is 42.5 Å². The lowest BCUT2D eigenvalue weighted by molar-refractivity contribution is -0.384. The number of hydrogen-bond donors (Lipinski definition) is 1. The quantitative estimate of drug-likeness (QED) is 0.521. The van der Waals surface area contributed by atoms with Gasteiger partial charge in [0.1, 0.15) is 5.82 Å². The topological polar surface area (TPSA) is 68.1 Å². The number of rotatable bonds is 4. The van der Waals surface area contributed by atoms with Crippen molar-refractivity contribution in [1.82, 2.24) is 4.98 Å². The van der Waals surface area contributed by atoms with Crippen LogP contribution in [-0.2, 0) is 0 Å². The van der Waals surface area contributed by atoms with Crippen LogP contribution in [0.3, 0.4) is 0 Å². The predicted octanol–water partition coefficient (Wildman–Crippen LogP) is 3.30. The second-order valence-corrected chi connectivity index (χ2v) is 4.06. The van der Waals surface area contributed by atoms with Crippen LogP contribution >= 0.6 is 0 Å². The molecular formula is C13H12FN3O2. The number of halogens is 1. The second-order valence-electron chi connectivity index (χ2n) is 4.06. The van der Waals surface area contributed by atoms with Crippen molar-refractivity contribution < 1.29 is 9.31 Å². The molecule has 1 atom stereocenters. The Morgan fingerprint density at radius 3 is 2.74 bits per heavy atom. The Morgan fingerprint density at radius 1 is 1.32 bits per heavy atom. The van der Waals surface area contributed by atoms with Gasteiger partial charge in [0.25, 0.3) is 5.69 Å². The third kappa shape index (κ3) is 3.25. The molecule has 0 aliphatic rings. The Labute approximate surface area is 109 Å². The number of non-ortho nitro benzene ring substituents is 1. The zero-order valence-corrected chi connectivity index (χ0v) is 10.2. The molecule has 0 amide bonds. The fraction of sp³-hybridized carbons (Fsp3) is 0.154. The van der Waals surface area contributed by atoms with Gasteiger partial charge < -0.3 is 5.32 Å². The SMILES string of the molecule is CC(Nc1cccc(F)n1)c1cccc([N+](=O)[O-])c1. The predicted molar refractivity (Wildman–Crippen MR) is 69.3 cm³/mol. The van der Waals surface area contributed by atoms with Gasteiger partial charge in [-0.1, -0.05) is 18.2 Å². The monoisotopic (exact) mass is 261 g/mol. The fourth-order valence-corrected chi connectivity index (χ4v) is 1.70. The van der Waals surface area contributed by atoms with E-state index in [0.29, 0.717) is 5.82 Å². The summed E-state index contributed by atoms with van der Waals surface area (Å²) in [7, 11) is 0. The van der Waals surface area contributed by atoms with Crippen LogP contribution in [0, 0.1) is 16.1 Å². The van der Waals surface area contributed by atoms with Crippen molar-refractivity contribution in [1.29, 1.82) is 0 Å². The normalized spacial score (nSPS) is 11.9. The van der Waals surface area contributed by atoms with Gasteiger partial charge in [0, 0.05) is 12.1 Å². The first-order chi connectivity index (χ1) is 9.06. The highest BCUT2D eigenvalue weighted by molar-refractivity contribution is 5.41. The highest BCUT2D eigenvalue weighted by atomic mass is 19.1. The lowest BCUT2D eigenvalue weighted by atomic mass is 10.1. The first-order valence-corrected chi connectivity index (χ1v) is 5.70. The van der Waals surface area contributed by atoms with Crippen molar-refractivity contribution in [2.45, 2.75) is 13.0 Å². The second kappa shape index (κ2) is 5.43. The molecule has 5 nitrogen and oxygen atoms in total. The molecule has 0 aliphatic carbocycles. The Hall–Kier alpha value is -2.50. The number of benzene rings is 1. The van der Waals surface area contributed by atoms with Crippen LogP contribution in [0.2, 0.25) is 0 Å². The Balaban J connectivity index is 2.18. The van der Waals surface area contributed by atoms with Crippen molar-refractivity contribution >= 4 is 11.5 Å². The van der Waals surface area contributed by atoms with Gasteiger partial charge in [0.05, 0.1) is 11.0 Å². The number of hydrogen-bond acceptors (Lipinski definition) is 4. The minimum absolute atomic E-state index is 0.0263. The van der Waals surface area contributed by atoms with Crippen molar-refractivity contribution in [2.24, 2.45) is 0 Å². The lowest BCUT2D eigenvalue weighted by Gasteiger charge is -2.14. The largest absolute Gasteiger partial charge is 0.363 e. The average Bonchev–Trinajstić information content (AvgIpc) is 2.39. The van der Waals surface area contributed by atoms with Crippen LogP contribution < -0.4 is 5.32 Å². The van der Waals surface area contributed by atoms with Gasteiger partial charge in [-0.05, 0) is 24.6 Å². The van der Waals surface area contributed by atoms with E-state index in [0.717, 1.165) is 5.56 Å². The molecule has 1 N–H and O–H groups in total. The Morgan fingerprint density at radius 2 is 2.05 bits per heavy atom. The number of nitro benzene ring substituents is 1. The van der Waals surface area contributed by atoms with E-state index in [1.54, 1.807) is 24.3 Å². The van der Waals surface area contributed by atoms with E-state index in [9.17, 15) is 14.5 Å². The average molecular weight is 261 g/mol. The number of pyridine rings is 1. The van der Waals surface area contributed by atoms with E-state index in [1.165, 1.54) is 18.2 Å². The summed E-state index contributed by atoms with van der Waals surface area (Å²) >= 11 is 0. The van der Waals surface area contributed by atoms with Crippen LogP contribution in [-0.4, -0.2) is 9.91 Å². The number of aromatic nitrogens is 1. The van der Waals surface area contributed by atoms with Crippen molar-refractivity contribution in [3.8, 4) is 0 Å². The van der Waals surface area contributed by atoms with Crippen LogP contribution in [0.4, 0.5) is 15.9 Å². The first-order valence-electron chi connectivity index (χ1n) is 5.70. The summed E-state index contributed by atoms with van der Waals surface area (Å²) in [5, 5.41) is 13.7. The number of anilines is 1. The molecule has 98 valence electrons. The molecule has 6 heteroatoms. The summed E-state index contributed by atoms with van der Waals surface area (Å²) < 4.78 is 12.9. The molecule has 0 saturated heterocycles. The number of nitro groups is 1. The molecule has 2 rings (SSSR count). The summed E-state index contributed by atoms with van der Waals surface area (Å²) in [6, 6.07) is 10.5. The number of nitrogens with zero attached hydrogens (tertiary/aromatic N) is 2. The zero-order valence-electron chi connectivity index (χ0n) is 10.2. The number of nitrogens with one attached hydrogen (secondary N) is 1. The van der Waals surface area contributed by atoms with E-state index < -0.39 is 10.9 Å². The Bertz CT molecular complexity index is 604. The lowest BCUT2D eigenvalue weighted by Crippen LogP contribution is -2.08. The van der Waals surface area contributed by atoms with Gasteiger partial charge in [-0.25, -0.2) is 4.98 Å². The summed E-state index contributed by atoms with van der Waals surface area (Å²) in [5.74, 6) is -0.185. The highest BCUT2D eigenvalue weighted by Gasteiger charge is 2.11. The third-order valence-electron chi connectivity index (χ3n) is 2.66. The van der Waals surface area contributed by atoms with Gasteiger partial charge in [0.15, 0.2) is 0 Å². The van der Waals surface area contributed by atoms with Crippen molar-refractivity contribution in [3.63, 3.8) is 0 Å². The molecule has 1 aromatic carbocycles. The molecule has 0 aliphatic heterocycles. The molecule has 0 bridgehead atoms. The fourth-order valence-electron chi connectivity index (χ4n) is 1.70. The first kappa shape index (κ1) is 12.9. The Kier molecular flexibility index (Phi) is 3.70. The maximum Gasteiger partial charge on any atom is 0.269 e. The molecular weight excluding hydrogens is 249 g/mol. The molecule has 1 aromatic heterocycles. The van der Waals surface area contributed by atoms with Crippen LogP contribution in [0.1, 0.15) is 18.5 Å². The summed E-state index contributed by atoms with van der Waals surface area (Å²) in [6.07, 6.45) is 0. The maximum atomic E-state index is 12.9. The van der Waals surface area contributed by atoms with Gasteiger partial charge in [-0.2, -0.15) is 4.39 Å². The van der Waals surface area contributed by atoms with Gasteiger partial charge in [0.2, 0.25) is 5.95 Å². The van der Waals surface area contributed by atoms with Gasteiger partial charge in [-0.15, -0.1) is 0 Å². The standard InChI is InChI=1S/C13H12FN3O2/c1-9(15-13-7-3-6-12(14)16-13)10-4-2-5-11(8-10)17(18)19/h2-9H,1H3,(H,15,16). The molecule has 1 unspecified atom stereocenters. The highest BCUT2D eigenvalue weighted by Crippen LogP contribution is 2.21. The van der Waals surface area contributed by atoms with Crippen LogP contribution in [0.5, 0.6) is 0 Å². The molecule has 0 spiro atoms. The summed E-state index contributed by atoms with van der Waals surface area (Å²) in [6.45, 7) is 1.83. The smallest absolute Gasteiger partial charge is 0.269 e. The van der Waals surface area contributed by atoms with Crippen LogP contribution in [0.25, 0.3) is 0 Å². The van der Waals surface area contributed by atoms with Gasteiger partial charge in [-0.3, -0.25) is 10.1 Å². The molecule has 0 radical (unpaired) electrons. The molecule has 19 heavy (non-hydrogen) atoms. The summed E-state index contributed by atoms with van der Waals surface area (Å²) in [4.78, 5) is 13.9.